The van der Waals surface area contributed by atoms with Crippen LogP contribution in [0.4, 0.5) is 0 Å². The van der Waals surface area contributed by atoms with E-state index in [1.54, 1.807) is 12.1 Å². The number of nitrogens with one attached hydrogen (secondary N) is 1. The lowest BCUT2D eigenvalue weighted by Gasteiger charge is -2.38. The number of benzene rings is 1. The Morgan fingerprint density at radius 1 is 1.33 bits per heavy atom. The zero-order valence-corrected chi connectivity index (χ0v) is 15.7. The molecule has 1 heterocycles. The van der Waals surface area contributed by atoms with Crippen molar-refractivity contribution in [2.45, 2.75) is 46.2 Å². The van der Waals surface area contributed by atoms with Crippen LogP contribution < -0.4 is 14.8 Å². The Bertz CT molecular complexity index is 580. The van der Waals surface area contributed by atoms with Gasteiger partial charge in [0.2, 0.25) is 0 Å². The molecule has 6 heteroatoms. The van der Waals surface area contributed by atoms with Crippen LogP contribution >= 0.6 is 11.6 Å². The summed E-state index contributed by atoms with van der Waals surface area (Å²) < 4.78 is 11.3. The fraction of sp³-hybridized carbons (Fsp3) is 0.611. The Hall–Kier alpha value is -1.46. The summed E-state index contributed by atoms with van der Waals surface area (Å²) in [7, 11) is 0. The average Bonchev–Trinajstić information content (AvgIpc) is 2.56. The highest BCUT2D eigenvalue weighted by molar-refractivity contribution is 6.32. The summed E-state index contributed by atoms with van der Waals surface area (Å²) >= 11 is 6.37. The van der Waals surface area contributed by atoms with Crippen LogP contribution in [-0.4, -0.2) is 49.2 Å². The molecule has 1 aliphatic heterocycles. The first-order valence-electron chi connectivity index (χ1n) is 8.63. The normalized spacial score (nSPS) is 20.8. The molecule has 0 spiro atoms. The lowest BCUT2D eigenvalue weighted by molar-refractivity contribution is 0.0602. The molecule has 134 valence electrons. The minimum atomic E-state index is -0.0271. The molecule has 1 aliphatic rings. The third-order valence-corrected chi connectivity index (χ3v) is 4.58. The van der Waals surface area contributed by atoms with Crippen LogP contribution in [0.25, 0.3) is 0 Å². The number of piperazine rings is 1. The van der Waals surface area contributed by atoms with Gasteiger partial charge in [-0.2, -0.15) is 0 Å². The van der Waals surface area contributed by atoms with E-state index in [4.69, 9.17) is 21.1 Å². The van der Waals surface area contributed by atoms with Gasteiger partial charge >= 0.3 is 0 Å². The number of amides is 1. The quantitative estimate of drug-likeness (QED) is 0.851. The maximum atomic E-state index is 12.9. The molecule has 0 aliphatic carbocycles. The van der Waals surface area contributed by atoms with Gasteiger partial charge in [-0.15, -0.1) is 0 Å². The minimum Gasteiger partial charge on any atom is -0.490 e. The summed E-state index contributed by atoms with van der Waals surface area (Å²) in [5.41, 5.74) is 0.535. The summed E-state index contributed by atoms with van der Waals surface area (Å²) in [5.74, 6) is 1.01. The minimum absolute atomic E-state index is 0.0271. The van der Waals surface area contributed by atoms with Crippen molar-refractivity contribution in [3.63, 3.8) is 0 Å². The molecule has 1 aromatic rings. The van der Waals surface area contributed by atoms with E-state index in [1.807, 2.05) is 18.7 Å². The van der Waals surface area contributed by atoms with E-state index in [0.29, 0.717) is 41.8 Å². The average molecular weight is 355 g/mol. The van der Waals surface area contributed by atoms with Crippen molar-refractivity contribution in [3.05, 3.63) is 22.7 Å². The summed E-state index contributed by atoms with van der Waals surface area (Å²) in [6.45, 7) is 10.6. The van der Waals surface area contributed by atoms with Gasteiger partial charge in [-0.25, -0.2) is 0 Å². The highest BCUT2D eigenvalue weighted by Gasteiger charge is 2.29. The molecule has 0 radical (unpaired) electrons. The monoisotopic (exact) mass is 354 g/mol. The first kappa shape index (κ1) is 18.9. The second-order valence-electron chi connectivity index (χ2n) is 6.05. The highest BCUT2D eigenvalue weighted by atomic mass is 35.5. The van der Waals surface area contributed by atoms with Crippen molar-refractivity contribution in [1.29, 1.82) is 0 Å². The van der Waals surface area contributed by atoms with Gasteiger partial charge in [0.25, 0.3) is 5.91 Å². The number of carbonyl (C=O) groups is 1. The van der Waals surface area contributed by atoms with E-state index in [0.717, 1.165) is 13.0 Å². The lowest BCUT2D eigenvalue weighted by atomic mass is 10.0. The number of rotatable bonds is 6. The van der Waals surface area contributed by atoms with Crippen molar-refractivity contribution in [2.75, 3.05) is 26.3 Å². The van der Waals surface area contributed by atoms with Crippen LogP contribution in [0, 0.1) is 0 Å². The standard InChI is InChI=1S/C18H27ClN2O3/c1-5-9-24-17-15(19)10-14(11-16(17)23-6-2)18(22)21-8-7-20-12(3)13(21)4/h10-13,20H,5-9H2,1-4H3. The molecule has 2 atom stereocenters. The lowest BCUT2D eigenvalue weighted by Crippen LogP contribution is -2.57. The summed E-state index contributed by atoms with van der Waals surface area (Å²) in [6.07, 6.45) is 0.874. The molecular formula is C18H27ClN2O3. The van der Waals surface area contributed by atoms with Gasteiger partial charge in [0.05, 0.1) is 18.2 Å². The second kappa shape index (κ2) is 8.58. The fourth-order valence-corrected chi connectivity index (χ4v) is 3.07. The molecule has 1 fully saturated rings. The fourth-order valence-electron chi connectivity index (χ4n) is 2.81. The summed E-state index contributed by atoms with van der Waals surface area (Å²) in [4.78, 5) is 14.8. The van der Waals surface area contributed by atoms with Crippen LogP contribution in [-0.2, 0) is 0 Å². The number of hydrogen-bond donors (Lipinski definition) is 1. The molecule has 5 nitrogen and oxygen atoms in total. The number of carbonyl (C=O) groups excluding carboxylic acids is 1. The summed E-state index contributed by atoms with van der Waals surface area (Å²) in [5, 5.41) is 3.79. The van der Waals surface area contributed by atoms with E-state index < -0.39 is 0 Å². The van der Waals surface area contributed by atoms with Crippen LogP contribution in [0.2, 0.25) is 5.02 Å². The van der Waals surface area contributed by atoms with Crippen LogP contribution in [0.15, 0.2) is 12.1 Å². The van der Waals surface area contributed by atoms with Crippen LogP contribution in [0.1, 0.15) is 44.5 Å². The molecule has 1 aromatic carbocycles. The van der Waals surface area contributed by atoms with Crippen molar-refractivity contribution >= 4 is 17.5 Å². The number of halogens is 1. The first-order valence-corrected chi connectivity index (χ1v) is 9.00. The van der Waals surface area contributed by atoms with E-state index in [9.17, 15) is 4.79 Å². The molecular weight excluding hydrogens is 328 g/mol. The molecule has 24 heavy (non-hydrogen) atoms. The molecule has 0 bridgehead atoms. The zero-order valence-electron chi connectivity index (χ0n) is 14.9. The number of nitrogens with zero attached hydrogens (tertiary/aromatic N) is 1. The van der Waals surface area contributed by atoms with E-state index in [-0.39, 0.29) is 18.0 Å². The Kier molecular flexibility index (Phi) is 6.75. The smallest absolute Gasteiger partial charge is 0.254 e. The molecule has 1 amide bonds. The predicted molar refractivity (Wildman–Crippen MR) is 96.4 cm³/mol. The van der Waals surface area contributed by atoms with Crippen LogP contribution in [0.3, 0.4) is 0 Å². The van der Waals surface area contributed by atoms with Crippen molar-refractivity contribution in [1.82, 2.24) is 10.2 Å². The Balaban J connectivity index is 2.30. The van der Waals surface area contributed by atoms with Crippen molar-refractivity contribution in [2.24, 2.45) is 0 Å². The van der Waals surface area contributed by atoms with E-state index in [1.165, 1.54) is 0 Å². The number of ether oxygens (including phenoxy) is 2. The Morgan fingerprint density at radius 3 is 2.75 bits per heavy atom. The van der Waals surface area contributed by atoms with Gasteiger partial charge in [0.1, 0.15) is 0 Å². The third-order valence-electron chi connectivity index (χ3n) is 4.30. The van der Waals surface area contributed by atoms with Crippen LogP contribution in [0.5, 0.6) is 11.5 Å². The van der Waals surface area contributed by atoms with Gasteiger partial charge in [-0.05, 0) is 39.3 Å². The maximum absolute atomic E-state index is 12.9. The SMILES string of the molecule is CCCOc1c(Cl)cc(C(=O)N2CCNC(C)C2C)cc1OCC. The molecule has 0 aromatic heterocycles. The maximum Gasteiger partial charge on any atom is 0.254 e. The van der Waals surface area contributed by atoms with Gasteiger partial charge in [0, 0.05) is 30.7 Å². The Labute approximate surface area is 149 Å². The van der Waals surface area contributed by atoms with Gasteiger partial charge in [-0.1, -0.05) is 18.5 Å². The van der Waals surface area contributed by atoms with E-state index >= 15 is 0 Å². The number of hydrogen-bond acceptors (Lipinski definition) is 4. The molecule has 1 saturated heterocycles. The van der Waals surface area contributed by atoms with E-state index in [2.05, 4.69) is 19.2 Å². The van der Waals surface area contributed by atoms with Gasteiger partial charge < -0.3 is 19.7 Å². The molecule has 2 rings (SSSR count). The predicted octanol–water partition coefficient (Wildman–Crippen LogP) is 3.35. The Morgan fingerprint density at radius 2 is 2.08 bits per heavy atom. The third kappa shape index (κ3) is 4.14. The largest absolute Gasteiger partial charge is 0.490 e. The van der Waals surface area contributed by atoms with Crippen molar-refractivity contribution < 1.29 is 14.3 Å². The highest BCUT2D eigenvalue weighted by Crippen LogP contribution is 2.37. The van der Waals surface area contributed by atoms with Crippen molar-refractivity contribution in [3.8, 4) is 11.5 Å². The molecule has 2 unspecified atom stereocenters. The summed E-state index contributed by atoms with van der Waals surface area (Å²) in [6, 6.07) is 3.80. The van der Waals surface area contributed by atoms with Gasteiger partial charge in [0.15, 0.2) is 11.5 Å². The molecule has 0 saturated carbocycles. The second-order valence-corrected chi connectivity index (χ2v) is 6.46. The topological polar surface area (TPSA) is 50.8 Å². The zero-order chi connectivity index (χ0) is 17.7. The molecule has 1 N–H and O–H groups in total. The van der Waals surface area contributed by atoms with Gasteiger partial charge in [-0.3, -0.25) is 4.79 Å². The first-order chi connectivity index (χ1) is 11.5.